The number of aromatic nitrogens is 2. The lowest BCUT2D eigenvalue weighted by atomic mass is 9.98. The molecule has 0 aromatic carbocycles. The molecule has 3 heterocycles. The van der Waals surface area contributed by atoms with Crippen LogP contribution in [-0.2, 0) is 35.3 Å². The molecule has 3 rings (SSSR count). The van der Waals surface area contributed by atoms with Gasteiger partial charge in [-0.25, -0.2) is 0 Å². The van der Waals surface area contributed by atoms with E-state index < -0.39 is 12.1 Å². The first-order valence-electron chi connectivity index (χ1n) is 13.2. The van der Waals surface area contributed by atoms with E-state index in [1.54, 1.807) is 4.90 Å². The highest BCUT2D eigenvalue weighted by molar-refractivity contribution is 5.97. The Kier molecular flexibility index (Phi) is 10.7. The third-order valence-corrected chi connectivity index (χ3v) is 6.66. The number of piperazine rings is 1. The number of amides is 2. The minimum atomic E-state index is -0.602. The van der Waals surface area contributed by atoms with Crippen molar-refractivity contribution in [2.24, 2.45) is 5.73 Å². The third-order valence-electron chi connectivity index (χ3n) is 6.66. The first-order chi connectivity index (χ1) is 17.0. The molecule has 0 aliphatic carbocycles. The first kappa shape index (κ1) is 26.8. The highest BCUT2D eigenvalue weighted by atomic mass is 16.2. The molecule has 2 aromatic rings. The highest BCUT2D eigenvalue weighted by Gasteiger charge is 2.40. The maximum atomic E-state index is 13.5. The Morgan fingerprint density at radius 3 is 1.97 bits per heavy atom. The quantitative estimate of drug-likeness (QED) is 0.405. The van der Waals surface area contributed by atoms with Crippen LogP contribution in [0.4, 0.5) is 0 Å². The van der Waals surface area contributed by atoms with E-state index in [-0.39, 0.29) is 11.8 Å². The lowest BCUT2D eigenvalue weighted by molar-refractivity contribution is -0.149. The van der Waals surface area contributed by atoms with Crippen molar-refractivity contribution in [3.05, 3.63) is 59.2 Å². The molecule has 35 heavy (non-hydrogen) atoms. The van der Waals surface area contributed by atoms with Crippen molar-refractivity contribution >= 4 is 11.8 Å². The average Bonchev–Trinajstić information content (AvgIpc) is 2.87. The van der Waals surface area contributed by atoms with Crippen LogP contribution in [0.2, 0.25) is 0 Å². The van der Waals surface area contributed by atoms with Crippen LogP contribution >= 0.6 is 0 Å². The number of hydrogen-bond donors (Lipinski definition) is 2. The molecule has 0 saturated carbocycles. The molecular weight excluding hydrogens is 438 g/mol. The van der Waals surface area contributed by atoms with Crippen molar-refractivity contribution in [2.75, 3.05) is 13.1 Å². The van der Waals surface area contributed by atoms with Gasteiger partial charge in [-0.1, -0.05) is 38.8 Å². The molecule has 1 aliphatic rings. The van der Waals surface area contributed by atoms with Gasteiger partial charge >= 0.3 is 0 Å². The van der Waals surface area contributed by atoms with Crippen molar-refractivity contribution in [3.8, 4) is 0 Å². The number of unbranched alkanes of at least 4 members (excludes halogenated alkanes) is 3. The number of nitrogens with zero attached hydrogens (tertiary/aromatic N) is 3. The van der Waals surface area contributed by atoms with Crippen LogP contribution in [0.25, 0.3) is 0 Å². The second-order valence-corrected chi connectivity index (χ2v) is 9.54. The molecule has 2 aromatic heterocycles. The zero-order valence-corrected chi connectivity index (χ0v) is 21.3. The number of nitrogens with two attached hydrogens (primary N) is 1. The molecule has 1 fully saturated rings. The highest BCUT2D eigenvalue weighted by Crippen LogP contribution is 2.18. The molecule has 1 saturated heterocycles. The second-order valence-electron chi connectivity index (χ2n) is 9.54. The number of aryl methyl sites for hydroxylation is 2. The molecule has 3 N–H and O–H groups in total. The van der Waals surface area contributed by atoms with E-state index in [0.29, 0.717) is 25.9 Å². The van der Waals surface area contributed by atoms with Crippen LogP contribution in [0.5, 0.6) is 0 Å². The standard InChI is InChI=1S/C28H41N5O2/c1-3-5-9-21-11-13-23(30-19-21)17-25-28(35)33(16-8-7-15-29)26(27(34)32-25)18-24-14-12-22(20-31-24)10-6-4-2/h11-14,19-20,25-26H,3-10,15-18,29H2,1-2H3,(H,32,34). The Hall–Kier alpha value is -2.80. The zero-order valence-electron chi connectivity index (χ0n) is 21.3. The zero-order chi connectivity index (χ0) is 25.0. The molecule has 0 radical (unpaired) electrons. The van der Waals surface area contributed by atoms with Crippen molar-refractivity contribution in [1.29, 1.82) is 0 Å². The summed E-state index contributed by atoms with van der Waals surface area (Å²) in [5, 5.41) is 2.97. The largest absolute Gasteiger partial charge is 0.342 e. The summed E-state index contributed by atoms with van der Waals surface area (Å²) < 4.78 is 0. The van der Waals surface area contributed by atoms with Crippen molar-refractivity contribution < 1.29 is 9.59 Å². The molecular formula is C28H41N5O2. The van der Waals surface area contributed by atoms with Gasteiger partial charge in [0.1, 0.15) is 12.1 Å². The molecule has 2 amide bonds. The van der Waals surface area contributed by atoms with Crippen LogP contribution in [0.3, 0.4) is 0 Å². The lowest BCUT2D eigenvalue weighted by Gasteiger charge is -2.39. The van der Waals surface area contributed by atoms with Crippen molar-refractivity contribution in [3.63, 3.8) is 0 Å². The van der Waals surface area contributed by atoms with Crippen molar-refractivity contribution in [2.45, 2.75) is 90.1 Å². The normalized spacial score (nSPS) is 18.1. The SMILES string of the molecule is CCCCc1ccc(CC2NC(=O)C(Cc3ccc(CCCC)cn3)N(CCCCN)C2=O)nc1. The molecule has 0 bridgehead atoms. The fraction of sp³-hybridized carbons (Fsp3) is 0.571. The van der Waals surface area contributed by atoms with E-state index in [0.717, 1.165) is 62.8 Å². The van der Waals surface area contributed by atoms with E-state index in [2.05, 4.69) is 41.3 Å². The van der Waals surface area contributed by atoms with E-state index in [1.165, 1.54) is 11.1 Å². The van der Waals surface area contributed by atoms with Crippen LogP contribution in [0.1, 0.15) is 74.9 Å². The van der Waals surface area contributed by atoms with E-state index in [9.17, 15) is 9.59 Å². The molecule has 0 spiro atoms. The molecule has 190 valence electrons. The summed E-state index contributed by atoms with van der Waals surface area (Å²) in [5.41, 5.74) is 9.72. The Morgan fingerprint density at radius 1 is 0.857 bits per heavy atom. The molecule has 1 aliphatic heterocycles. The lowest BCUT2D eigenvalue weighted by Crippen LogP contribution is -2.64. The maximum Gasteiger partial charge on any atom is 0.246 e. The summed E-state index contributed by atoms with van der Waals surface area (Å²) >= 11 is 0. The Morgan fingerprint density at radius 2 is 1.46 bits per heavy atom. The van der Waals surface area contributed by atoms with Gasteiger partial charge in [0.15, 0.2) is 0 Å². The van der Waals surface area contributed by atoms with Gasteiger partial charge in [-0.2, -0.15) is 0 Å². The van der Waals surface area contributed by atoms with Crippen molar-refractivity contribution in [1.82, 2.24) is 20.2 Å². The van der Waals surface area contributed by atoms with E-state index in [1.807, 2.05) is 24.5 Å². The Labute approximate surface area is 209 Å². The summed E-state index contributed by atoms with van der Waals surface area (Å²) in [5.74, 6) is -0.179. The van der Waals surface area contributed by atoms with Gasteiger partial charge in [0, 0.05) is 43.2 Å². The van der Waals surface area contributed by atoms with Gasteiger partial charge in [-0.15, -0.1) is 0 Å². The van der Waals surface area contributed by atoms with Gasteiger partial charge < -0.3 is 16.0 Å². The van der Waals surface area contributed by atoms with E-state index in [4.69, 9.17) is 5.73 Å². The fourth-order valence-corrected chi connectivity index (χ4v) is 4.48. The first-order valence-corrected chi connectivity index (χ1v) is 13.2. The minimum absolute atomic E-state index is 0.0527. The van der Waals surface area contributed by atoms with Gasteiger partial charge in [-0.3, -0.25) is 19.6 Å². The Balaban J connectivity index is 1.70. The van der Waals surface area contributed by atoms with Crippen LogP contribution in [0.15, 0.2) is 36.7 Å². The molecule has 2 atom stereocenters. The topological polar surface area (TPSA) is 101 Å². The molecule has 2 unspecified atom stereocenters. The predicted molar refractivity (Wildman–Crippen MR) is 139 cm³/mol. The summed E-state index contributed by atoms with van der Waals surface area (Å²) in [6.07, 6.45) is 12.7. The number of hydrogen-bond acceptors (Lipinski definition) is 5. The maximum absolute atomic E-state index is 13.5. The summed E-state index contributed by atoms with van der Waals surface area (Å²) in [7, 11) is 0. The van der Waals surface area contributed by atoms with E-state index >= 15 is 0 Å². The number of pyridine rings is 2. The monoisotopic (exact) mass is 479 g/mol. The summed E-state index contributed by atoms with van der Waals surface area (Å²) in [6.45, 7) is 5.43. The summed E-state index contributed by atoms with van der Waals surface area (Å²) in [4.78, 5) is 37.5. The molecule has 7 heteroatoms. The van der Waals surface area contributed by atoms with Gasteiger partial charge in [0.25, 0.3) is 0 Å². The van der Waals surface area contributed by atoms with Gasteiger partial charge in [0.05, 0.1) is 0 Å². The number of carbonyl (C=O) groups excluding carboxylic acids is 2. The number of carbonyl (C=O) groups is 2. The van der Waals surface area contributed by atoms with Gasteiger partial charge in [0.2, 0.25) is 11.8 Å². The number of rotatable bonds is 14. The fourth-order valence-electron chi connectivity index (χ4n) is 4.48. The molecule has 7 nitrogen and oxygen atoms in total. The van der Waals surface area contributed by atoms with Crippen LogP contribution in [-0.4, -0.2) is 51.9 Å². The second kappa shape index (κ2) is 13.9. The predicted octanol–water partition coefficient (Wildman–Crippen LogP) is 3.38. The smallest absolute Gasteiger partial charge is 0.246 e. The average molecular weight is 480 g/mol. The Bertz CT molecular complexity index is 929. The van der Waals surface area contributed by atoms with Crippen LogP contribution < -0.4 is 11.1 Å². The van der Waals surface area contributed by atoms with Crippen LogP contribution in [0, 0.1) is 0 Å². The minimum Gasteiger partial charge on any atom is -0.342 e. The third kappa shape index (κ3) is 7.85. The summed E-state index contributed by atoms with van der Waals surface area (Å²) in [6, 6.07) is 6.95. The van der Waals surface area contributed by atoms with Gasteiger partial charge in [-0.05, 0) is 68.3 Å². The number of nitrogens with one attached hydrogen (secondary N) is 1.